The van der Waals surface area contributed by atoms with Gasteiger partial charge in [0.2, 0.25) is 0 Å². The molecule has 5 nitrogen and oxygen atoms in total. The average Bonchev–Trinajstić information content (AvgIpc) is 2.47. The lowest BCUT2D eigenvalue weighted by molar-refractivity contribution is -0.384. The van der Waals surface area contributed by atoms with E-state index in [0.717, 1.165) is 37.2 Å². The Hall–Kier alpha value is -2.56. The van der Waals surface area contributed by atoms with Crippen LogP contribution in [0.1, 0.15) is 17.5 Å². The van der Waals surface area contributed by atoms with Gasteiger partial charge in [0.15, 0.2) is 0 Å². The quantitative estimate of drug-likeness (QED) is 0.533. The standard InChI is InChI=1S/C16H17N3O2/c17-14-5-8-16-13(10-14)2-1-9-18(16)11-12-3-6-15(7-4-12)19(20)21/h3-8,10H,1-2,9,11,17H2. The van der Waals surface area contributed by atoms with Crippen molar-refractivity contribution in [1.82, 2.24) is 0 Å². The van der Waals surface area contributed by atoms with Crippen molar-refractivity contribution in [2.45, 2.75) is 19.4 Å². The number of hydrogen-bond acceptors (Lipinski definition) is 4. The van der Waals surface area contributed by atoms with Crippen LogP contribution in [0.2, 0.25) is 0 Å². The van der Waals surface area contributed by atoms with Gasteiger partial charge in [-0.05, 0) is 42.2 Å². The minimum atomic E-state index is -0.372. The molecule has 0 aromatic heterocycles. The zero-order valence-corrected chi connectivity index (χ0v) is 11.7. The Morgan fingerprint density at radius 2 is 1.95 bits per heavy atom. The number of rotatable bonds is 3. The molecule has 3 rings (SSSR count). The molecule has 21 heavy (non-hydrogen) atoms. The fourth-order valence-corrected chi connectivity index (χ4v) is 2.80. The summed E-state index contributed by atoms with van der Waals surface area (Å²) in [7, 11) is 0. The van der Waals surface area contributed by atoms with E-state index >= 15 is 0 Å². The van der Waals surface area contributed by atoms with Gasteiger partial charge in [0.05, 0.1) is 4.92 Å². The normalized spacial score (nSPS) is 13.8. The van der Waals surface area contributed by atoms with Gasteiger partial charge in [-0.2, -0.15) is 0 Å². The molecule has 2 aromatic rings. The number of nitro benzene ring substituents is 1. The van der Waals surface area contributed by atoms with Crippen LogP contribution in [0.15, 0.2) is 42.5 Å². The van der Waals surface area contributed by atoms with E-state index in [4.69, 9.17) is 5.73 Å². The van der Waals surface area contributed by atoms with Gasteiger partial charge in [0.1, 0.15) is 0 Å². The molecule has 0 aliphatic carbocycles. The van der Waals surface area contributed by atoms with Gasteiger partial charge >= 0.3 is 0 Å². The number of non-ortho nitro benzene ring substituents is 1. The first-order chi connectivity index (χ1) is 10.1. The maximum Gasteiger partial charge on any atom is 0.269 e. The fraction of sp³-hybridized carbons (Fsp3) is 0.250. The van der Waals surface area contributed by atoms with Crippen LogP contribution in [0.25, 0.3) is 0 Å². The summed E-state index contributed by atoms with van der Waals surface area (Å²) in [6.45, 7) is 1.75. The number of hydrogen-bond donors (Lipinski definition) is 1. The predicted octanol–water partition coefficient (Wildman–Crippen LogP) is 3.13. The number of nitrogen functional groups attached to an aromatic ring is 1. The molecule has 0 atom stereocenters. The van der Waals surface area contributed by atoms with Crippen LogP contribution in [-0.4, -0.2) is 11.5 Å². The molecule has 1 heterocycles. The molecule has 0 saturated carbocycles. The number of nitro groups is 1. The molecular formula is C16H17N3O2. The Bertz CT molecular complexity index is 668. The van der Waals surface area contributed by atoms with Crippen molar-refractivity contribution in [1.29, 1.82) is 0 Å². The van der Waals surface area contributed by atoms with Gasteiger partial charge in [0, 0.05) is 36.6 Å². The van der Waals surface area contributed by atoms with Crippen molar-refractivity contribution < 1.29 is 4.92 Å². The summed E-state index contributed by atoms with van der Waals surface area (Å²) >= 11 is 0. The highest BCUT2D eigenvalue weighted by Gasteiger charge is 2.17. The van der Waals surface area contributed by atoms with Crippen molar-refractivity contribution in [2.24, 2.45) is 0 Å². The maximum atomic E-state index is 10.7. The lowest BCUT2D eigenvalue weighted by Crippen LogP contribution is -2.28. The highest BCUT2D eigenvalue weighted by molar-refractivity contribution is 5.61. The van der Waals surface area contributed by atoms with E-state index in [-0.39, 0.29) is 10.6 Å². The molecule has 5 heteroatoms. The molecule has 0 fully saturated rings. The number of nitrogens with zero attached hydrogens (tertiary/aromatic N) is 2. The summed E-state index contributed by atoms with van der Waals surface area (Å²) in [5.74, 6) is 0. The molecule has 0 spiro atoms. The first-order valence-electron chi connectivity index (χ1n) is 7.00. The zero-order chi connectivity index (χ0) is 14.8. The Morgan fingerprint density at radius 3 is 2.67 bits per heavy atom. The van der Waals surface area contributed by atoms with Gasteiger partial charge in [-0.25, -0.2) is 0 Å². The van der Waals surface area contributed by atoms with Crippen molar-refractivity contribution >= 4 is 17.1 Å². The van der Waals surface area contributed by atoms with Gasteiger partial charge < -0.3 is 10.6 Å². The van der Waals surface area contributed by atoms with Gasteiger partial charge in [-0.3, -0.25) is 10.1 Å². The zero-order valence-electron chi connectivity index (χ0n) is 11.7. The molecule has 0 saturated heterocycles. The van der Waals surface area contributed by atoms with Crippen LogP contribution in [0.3, 0.4) is 0 Å². The Kier molecular flexibility index (Phi) is 3.48. The molecule has 0 bridgehead atoms. The molecule has 1 aliphatic heterocycles. The summed E-state index contributed by atoms with van der Waals surface area (Å²) in [4.78, 5) is 12.6. The number of benzene rings is 2. The third kappa shape index (κ3) is 2.81. The molecule has 0 unspecified atom stereocenters. The topological polar surface area (TPSA) is 72.4 Å². The van der Waals surface area contributed by atoms with Gasteiger partial charge in [-0.15, -0.1) is 0 Å². The van der Waals surface area contributed by atoms with Gasteiger partial charge in [-0.1, -0.05) is 12.1 Å². The Balaban J connectivity index is 1.81. The predicted molar refractivity (Wildman–Crippen MR) is 83.3 cm³/mol. The lowest BCUT2D eigenvalue weighted by atomic mass is 10.0. The minimum Gasteiger partial charge on any atom is -0.399 e. The first kappa shape index (κ1) is 13.4. The highest BCUT2D eigenvalue weighted by atomic mass is 16.6. The fourth-order valence-electron chi connectivity index (χ4n) is 2.80. The third-order valence-electron chi connectivity index (χ3n) is 3.84. The van der Waals surface area contributed by atoms with E-state index in [0.29, 0.717) is 0 Å². The molecular weight excluding hydrogens is 266 g/mol. The van der Waals surface area contributed by atoms with Crippen LogP contribution >= 0.6 is 0 Å². The van der Waals surface area contributed by atoms with Crippen LogP contribution in [0.4, 0.5) is 17.1 Å². The minimum absolute atomic E-state index is 0.130. The average molecular weight is 283 g/mol. The lowest BCUT2D eigenvalue weighted by Gasteiger charge is -2.31. The van der Waals surface area contributed by atoms with E-state index in [9.17, 15) is 10.1 Å². The van der Waals surface area contributed by atoms with Crippen LogP contribution in [0, 0.1) is 10.1 Å². The number of fused-ring (bicyclic) bond motifs is 1. The summed E-state index contributed by atoms with van der Waals surface area (Å²) in [6.07, 6.45) is 2.15. The van der Waals surface area contributed by atoms with Crippen LogP contribution in [0.5, 0.6) is 0 Å². The van der Waals surface area contributed by atoms with Crippen molar-refractivity contribution in [3.8, 4) is 0 Å². The number of aryl methyl sites for hydroxylation is 1. The van der Waals surface area contributed by atoms with Crippen molar-refractivity contribution in [3.63, 3.8) is 0 Å². The summed E-state index contributed by atoms with van der Waals surface area (Å²) in [5, 5.41) is 10.7. The molecule has 108 valence electrons. The molecule has 0 radical (unpaired) electrons. The van der Waals surface area contributed by atoms with E-state index < -0.39 is 0 Å². The molecule has 0 amide bonds. The largest absolute Gasteiger partial charge is 0.399 e. The van der Waals surface area contributed by atoms with E-state index in [1.165, 1.54) is 11.3 Å². The smallest absolute Gasteiger partial charge is 0.269 e. The number of nitrogens with two attached hydrogens (primary N) is 1. The molecule has 2 N–H and O–H groups in total. The summed E-state index contributed by atoms with van der Waals surface area (Å²) < 4.78 is 0. The SMILES string of the molecule is Nc1ccc2c(c1)CCCN2Cc1ccc([N+](=O)[O-])cc1. The summed E-state index contributed by atoms with van der Waals surface area (Å²) in [5.41, 5.74) is 10.3. The summed E-state index contributed by atoms with van der Waals surface area (Å²) in [6, 6.07) is 12.8. The highest BCUT2D eigenvalue weighted by Crippen LogP contribution is 2.30. The van der Waals surface area contributed by atoms with Gasteiger partial charge in [0.25, 0.3) is 5.69 Å². The third-order valence-corrected chi connectivity index (χ3v) is 3.84. The Labute approximate surface area is 123 Å². The molecule has 2 aromatic carbocycles. The Morgan fingerprint density at radius 1 is 1.19 bits per heavy atom. The first-order valence-corrected chi connectivity index (χ1v) is 7.00. The second kappa shape index (κ2) is 5.44. The van der Waals surface area contributed by atoms with E-state index in [2.05, 4.69) is 11.0 Å². The van der Waals surface area contributed by atoms with Crippen molar-refractivity contribution in [2.75, 3.05) is 17.2 Å². The van der Waals surface area contributed by atoms with Crippen LogP contribution in [-0.2, 0) is 13.0 Å². The molecule has 1 aliphatic rings. The number of anilines is 2. The maximum absolute atomic E-state index is 10.7. The second-order valence-corrected chi connectivity index (χ2v) is 5.34. The van der Waals surface area contributed by atoms with E-state index in [1.807, 2.05) is 24.3 Å². The van der Waals surface area contributed by atoms with Crippen LogP contribution < -0.4 is 10.6 Å². The van der Waals surface area contributed by atoms with Crippen molar-refractivity contribution in [3.05, 3.63) is 63.7 Å². The monoisotopic (exact) mass is 283 g/mol. The van der Waals surface area contributed by atoms with E-state index in [1.54, 1.807) is 12.1 Å². The second-order valence-electron chi connectivity index (χ2n) is 5.34.